The van der Waals surface area contributed by atoms with Crippen molar-refractivity contribution in [3.63, 3.8) is 0 Å². The summed E-state index contributed by atoms with van der Waals surface area (Å²) in [6.45, 7) is 0. The van der Waals surface area contributed by atoms with Gasteiger partial charge in [0, 0.05) is 16.9 Å². The molecule has 0 heterocycles. The van der Waals surface area contributed by atoms with E-state index in [1.54, 1.807) is 0 Å². The molecule has 0 spiro atoms. The monoisotopic (exact) mass is 226 g/mol. The molecule has 0 aromatic heterocycles. The molecule has 0 unspecified atom stereocenters. The first-order valence-electron chi connectivity index (χ1n) is 5.11. The summed E-state index contributed by atoms with van der Waals surface area (Å²) in [5.74, 6) is 0. The Bertz CT molecular complexity index is 661. The third-order valence-corrected chi connectivity index (χ3v) is 3.29. The van der Waals surface area contributed by atoms with Gasteiger partial charge in [-0.3, -0.25) is 0 Å². The second-order valence-electron chi connectivity index (χ2n) is 3.76. The summed E-state index contributed by atoms with van der Waals surface area (Å²) in [6, 6.07) is 18.6. The van der Waals surface area contributed by atoms with Gasteiger partial charge in [-0.25, -0.2) is 0 Å². The summed E-state index contributed by atoms with van der Waals surface area (Å²) < 4.78 is 9.03. The Hall–Kier alpha value is -1.51. The van der Waals surface area contributed by atoms with E-state index in [9.17, 15) is 0 Å². The van der Waals surface area contributed by atoms with Crippen LogP contribution in [0.3, 0.4) is 0 Å². The fourth-order valence-electron chi connectivity index (χ4n) is 2.05. The molecule has 0 aliphatic rings. The van der Waals surface area contributed by atoms with E-state index in [2.05, 4.69) is 36.4 Å². The van der Waals surface area contributed by atoms with Crippen LogP contribution in [-0.4, -0.2) is 4.55 Å². The fraction of sp³-hybridized carbons (Fsp3) is 0. The van der Waals surface area contributed by atoms with Gasteiger partial charge >= 0.3 is 0 Å². The maximum atomic E-state index is 9.03. The molecule has 16 heavy (non-hydrogen) atoms. The van der Waals surface area contributed by atoms with Gasteiger partial charge in [0.15, 0.2) is 0 Å². The molecular weight excluding hydrogens is 216 g/mol. The minimum Gasteiger partial charge on any atom is -0.325 e. The Labute approximate surface area is 97.9 Å². The van der Waals surface area contributed by atoms with Crippen molar-refractivity contribution >= 4 is 33.6 Å². The molecule has 3 aromatic carbocycles. The molecule has 78 valence electrons. The Morgan fingerprint density at radius 3 is 2.38 bits per heavy atom. The summed E-state index contributed by atoms with van der Waals surface area (Å²) in [4.78, 5) is 0.878. The number of benzene rings is 3. The van der Waals surface area contributed by atoms with Crippen molar-refractivity contribution < 1.29 is 4.55 Å². The van der Waals surface area contributed by atoms with Crippen molar-refractivity contribution in [2.24, 2.45) is 0 Å². The zero-order chi connectivity index (χ0) is 11.0. The molecule has 0 saturated carbocycles. The van der Waals surface area contributed by atoms with Gasteiger partial charge in [-0.05, 0) is 33.7 Å². The molecule has 1 nitrogen and oxygen atoms in total. The lowest BCUT2D eigenvalue weighted by molar-refractivity contribution is 0.664. The number of hydrogen-bond acceptors (Lipinski definition) is 2. The Morgan fingerprint density at radius 2 is 1.50 bits per heavy atom. The van der Waals surface area contributed by atoms with E-state index in [0.717, 1.165) is 22.3 Å². The van der Waals surface area contributed by atoms with Crippen LogP contribution in [0.1, 0.15) is 0 Å². The van der Waals surface area contributed by atoms with Crippen molar-refractivity contribution in [3.05, 3.63) is 54.6 Å². The third-order valence-electron chi connectivity index (χ3n) is 2.82. The zero-order valence-electron chi connectivity index (χ0n) is 8.55. The summed E-state index contributed by atoms with van der Waals surface area (Å²) in [7, 11) is 0. The van der Waals surface area contributed by atoms with Crippen molar-refractivity contribution in [1.82, 2.24) is 0 Å². The van der Waals surface area contributed by atoms with Crippen LogP contribution in [0.2, 0.25) is 0 Å². The van der Waals surface area contributed by atoms with Crippen molar-refractivity contribution in [2.75, 3.05) is 0 Å². The minimum atomic E-state index is 0.789. The summed E-state index contributed by atoms with van der Waals surface area (Å²) in [5.41, 5.74) is 0. The lowest BCUT2D eigenvalue weighted by Gasteiger charge is -2.04. The van der Waals surface area contributed by atoms with E-state index >= 15 is 0 Å². The number of hydrogen-bond donors (Lipinski definition) is 1. The molecule has 0 radical (unpaired) electrons. The summed E-state index contributed by atoms with van der Waals surface area (Å²) >= 11 is 0.789. The van der Waals surface area contributed by atoms with Gasteiger partial charge in [-0.2, -0.15) is 0 Å². The topological polar surface area (TPSA) is 20.2 Å². The second kappa shape index (κ2) is 3.81. The largest absolute Gasteiger partial charge is 0.325 e. The number of rotatable bonds is 1. The van der Waals surface area contributed by atoms with E-state index in [1.165, 1.54) is 16.2 Å². The highest BCUT2D eigenvalue weighted by Gasteiger charge is 2.00. The summed E-state index contributed by atoms with van der Waals surface area (Å²) in [6.07, 6.45) is 0. The van der Waals surface area contributed by atoms with Crippen LogP contribution in [0.4, 0.5) is 0 Å². The molecule has 1 N–H and O–H groups in total. The molecule has 0 amide bonds. The van der Waals surface area contributed by atoms with Crippen LogP contribution in [0.5, 0.6) is 0 Å². The average molecular weight is 226 g/mol. The molecular formula is C14H10OS. The minimum absolute atomic E-state index is 0.789. The molecule has 0 saturated heterocycles. The van der Waals surface area contributed by atoms with Crippen LogP contribution in [-0.2, 0) is 0 Å². The Morgan fingerprint density at radius 1 is 0.750 bits per heavy atom. The van der Waals surface area contributed by atoms with Crippen LogP contribution in [0.15, 0.2) is 59.5 Å². The molecule has 0 aliphatic heterocycles. The van der Waals surface area contributed by atoms with Crippen LogP contribution >= 0.6 is 12.0 Å². The predicted molar refractivity (Wildman–Crippen MR) is 69.9 cm³/mol. The molecule has 2 heteroatoms. The van der Waals surface area contributed by atoms with E-state index < -0.39 is 0 Å². The van der Waals surface area contributed by atoms with Crippen molar-refractivity contribution in [3.8, 4) is 0 Å². The van der Waals surface area contributed by atoms with E-state index in [0.29, 0.717) is 0 Å². The molecule has 0 fully saturated rings. The lowest BCUT2D eigenvalue weighted by atomic mass is 10.0. The van der Waals surface area contributed by atoms with E-state index in [-0.39, 0.29) is 0 Å². The first-order chi connectivity index (χ1) is 7.88. The molecule has 0 bridgehead atoms. The highest BCUT2D eigenvalue weighted by molar-refractivity contribution is 7.93. The van der Waals surface area contributed by atoms with E-state index in [1.807, 2.05) is 18.2 Å². The SMILES string of the molecule is OSc1ccc2c(ccc3ccccc32)c1. The Balaban J connectivity index is 2.43. The highest BCUT2D eigenvalue weighted by atomic mass is 32.2. The Kier molecular flexibility index (Phi) is 2.31. The predicted octanol–water partition coefficient (Wildman–Crippen LogP) is 4.56. The third kappa shape index (κ3) is 1.47. The average Bonchev–Trinajstić information content (AvgIpc) is 2.38. The highest BCUT2D eigenvalue weighted by Crippen LogP contribution is 2.28. The normalized spacial score (nSPS) is 11.1. The van der Waals surface area contributed by atoms with Gasteiger partial charge in [-0.15, -0.1) is 0 Å². The van der Waals surface area contributed by atoms with Crippen LogP contribution in [0, 0.1) is 0 Å². The molecule has 0 aliphatic carbocycles. The van der Waals surface area contributed by atoms with Gasteiger partial charge in [0.2, 0.25) is 0 Å². The second-order valence-corrected chi connectivity index (χ2v) is 4.41. The van der Waals surface area contributed by atoms with Crippen molar-refractivity contribution in [1.29, 1.82) is 0 Å². The zero-order valence-corrected chi connectivity index (χ0v) is 9.37. The fourth-order valence-corrected chi connectivity index (χ4v) is 2.36. The van der Waals surface area contributed by atoms with Crippen LogP contribution in [0.25, 0.3) is 21.5 Å². The standard InChI is InChI=1S/C14H10OS/c15-16-12-7-8-14-11(9-12)6-5-10-3-1-2-4-13(10)14/h1-9,15H. The maximum absolute atomic E-state index is 9.03. The number of fused-ring (bicyclic) bond motifs is 3. The van der Waals surface area contributed by atoms with E-state index in [4.69, 9.17) is 4.55 Å². The first-order valence-corrected chi connectivity index (χ1v) is 5.89. The van der Waals surface area contributed by atoms with Gasteiger partial charge in [-0.1, -0.05) is 42.5 Å². The summed E-state index contributed by atoms with van der Waals surface area (Å²) in [5, 5.41) is 4.91. The molecule has 3 aromatic rings. The lowest BCUT2D eigenvalue weighted by Crippen LogP contribution is -1.78. The molecule has 3 rings (SSSR count). The van der Waals surface area contributed by atoms with Crippen molar-refractivity contribution in [2.45, 2.75) is 4.90 Å². The smallest absolute Gasteiger partial charge is 0.0357 e. The van der Waals surface area contributed by atoms with Gasteiger partial charge in [0.05, 0.1) is 0 Å². The van der Waals surface area contributed by atoms with Crippen LogP contribution < -0.4 is 0 Å². The quantitative estimate of drug-likeness (QED) is 0.485. The van der Waals surface area contributed by atoms with Gasteiger partial charge in [0.25, 0.3) is 0 Å². The maximum Gasteiger partial charge on any atom is 0.0357 e. The van der Waals surface area contributed by atoms with Gasteiger partial charge in [0.1, 0.15) is 0 Å². The first kappa shape index (κ1) is 9.70. The van der Waals surface area contributed by atoms with Gasteiger partial charge < -0.3 is 4.55 Å². The molecule has 0 atom stereocenters.